The van der Waals surface area contributed by atoms with Crippen molar-refractivity contribution in [3.63, 3.8) is 0 Å². The summed E-state index contributed by atoms with van der Waals surface area (Å²) >= 11 is 5.79. The summed E-state index contributed by atoms with van der Waals surface area (Å²) in [6, 6.07) is 3.47. The summed E-state index contributed by atoms with van der Waals surface area (Å²) < 4.78 is 0. The van der Waals surface area contributed by atoms with Crippen molar-refractivity contribution in [2.45, 2.75) is 38.6 Å². The SMILES string of the molecule is Cc1nc(Cl)ccc1NC(=O)C1(C)CCCCN1. The van der Waals surface area contributed by atoms with Crippen LogP contribution in [-0.2, 0) is 4.79 Å². The van der Waals surface area contributed by atoms with Gasteiger partial charge in [0, 0.05) is 0 Å². The fraction of sp³-hybridized carbons (Fsp3) is 0.538. The number of carbonyl (C=O) groups excluding carboxylic acids is 1. The summed E-state index contributed by atoms with van der Waals surface area (Å²) in [6.07, 6.45) is 3.07. The summed E-state index contributed by atoms with van der Waals surface area (Å²) in [7, 11) is 0. The molecule has 1 aromatic heterocycles. The van der Waals surface area contributed by atoms with Gasteiger partial charge in [0.05, 0.1) is 16.9 Å². The lowest BCUT2D eigenvalue weighted by atomic mass is 9.90. The number of anilines is 1. The predicted octanol–water partition coefficient (Wildman–Crippen LogP) is 2.51. The number of piperidine rings is 1. The van der Waals surface area contributed by atoms with E-state index in [-0.39, 0.29) is 5.91 Å². The van der Waals surface area contributed by atoms with Crippen molar-refractivity contribution >= 4 is 23.2 Å². The second kappa shape index (κ2) is 5.24. The maximum atomic E-state index is 12.3. The van der Waals surface area contributed by atoms with E-state index in [0.717, 1.165) is 37.2 Å². The molecule has 0 spiro atoms. The van der Waals surface area contributed by atoms with Gasteiger partial charge in [-0.1, -0.05) is 11.6 Å². The minimum atomic E-state index is -0.482. The summed E-state index contributed by atoms with van der Waals surface area (Å²) in [4.78, 5) is 16.4. The van der Waals surface area contributed by atoms with E-state index in [2.05, 4.69) is 15.6 Å². The Morgan fingerprint density at radius 2 is 2.28 bits per heavy atom. The quantitative estimate of drug-likeness (QED) is 0.810. The number of aromatic nitrogens is 1. The molecule has 18 heavy (non-hydrogen) atoms. The Balaban J connectivity index is 2.11. The number of hydrogen-bond donors (Lipinski definition) is 2. The lowest BCUT2D eigenvalue weighted by Gasteiger charge is -2.33. The molecule has 1 aromatic rings. The number of hydrogen-bond acceptors (Lipinski definition) is 3. The molecule has 2 rings (SSSR count). The smallest absolute Gasteiger partial charge is 0.244 e. The van der Waals surface area contributed by atoms with Crippen LogP contribution in [0.25, 0.3) is 0 Å². The highest BCUT2D eigenvalue weighted by Crippen LogP contribution is 2.22. The first-order chi connectivity index (χ1) is 8.51. The van der Waals surface area contributed by atoms with E-state index in [1.807, 2.05) is 13.8 Å². The first kappa shape index (κ1) is 13.3. The molecule has 0 saturated carbocycles. The molecule has 0 bridgehead atoms. The summed E-state index contributed by atoms with van der Waals surface area (Å²) in [6.45, 7) is 4.67. The van der Waals surface area contributed by atoms with E-state index in [0.29, 0.717) is 5.15 Å². The van der Waals surface area contributed by atoms with E-state index in [4.69, 9.17) is 11.6 Å². The predicted molar refractivity (Wildman–Crippen MR) is 72.9 cm³/mol. The Labute approximate surface area is 112 Å². The molecule has 1 aliphatic heterocycles. The van der Waals surface area contributed by atoms with Crippen LogP contribution in [0.15, 0.2) is 12.1 Å². The topological polar surface area (TPSA) is 54.0 Å². The Morgan fingerprint density at radius 1 is 1.50 bits per heavy atom. The number of nitrogens with zero attached hydrogens (tertiary/aromatic N) is 1. The van der Waals surface area contributed by atoms with Crippen molar-refractivity contribution in [2.75, 3.05) is 11.9 Å². The lowest BCUT2D eigenvalue weighted by molar-refractivity contribution is -0.122. The fourth-order valence-electron chi connectivity index (χ4n) is 2.17. The van der Waals surface area contributed by atoms with Crippen molar-refractivity contribution in [1.82, 2.24) is 10.3 Å². The van der Waals surface area contributed by atoms with Crippen molar-refractivity contribution in [2.24, 2.45) is 0 Å². The van der Waals surface area contributed by atoms with E-state index in [1.54, 1.807) is 12.1 Å². The molecule has 98 valence electrons. The molecule has 2 heterocycles. The number of halogens is 1. The molecule has 1 atom stereocenters. The molecule has 1 fully saturated rings. The molecular weight excluding hydrogens is 250 g/mol. The molecule has 0 aromatic carbocycles. The van der Waals surface area contributed by atoms with E-state index >= 15 is 0 Å². The number of pyridine rings is 1. The van der Waals surface area contributed by atoms with Crippen LogP contribution in [0.3, 0.4) is 0 Å². The standard InChI is InChI=1S/C13H18ClN3O/c1-9-10(5-6-11(14)16-9)17-12(18)13(2)7-3-4-8-15-13/h5-6,15H,3-4,7-8H2,1-2H3,(H,17,18). The zero-order valence-corrected chi connectivity index (χ0v) is 11.5. The van der Waals surface area contributed by atoms with Crippen LogP contribution < -0.4 is 10.6 Å². The van der Waals surface area contributed by atoms with Crippen molar-refractivity contribution in [1.29, 1.82) is 0 Å². The maximum Gasteiger partial charge on any atom is 0.244 e. The third kappa shape index (κ3) is 2.82. The largest absolute Gasteiger partial charge is 0.323 e. The fourth-order valence-corrected chi connectivity index (χ4v) is 2.36. The van der Waals surface area contributed by atoms with Crippen LogP contribution in [0.1, 0.15) is 31.9 Å². The molecular formula is C13H18ClN3O. The Kier molecular flexibility index (Phi) is 3.88. The van der Waals surface area contributed by atoms with E-state index < -0.39 is 5.54 Å². The molecule has 1 amide bonds. The zero-order valence-electron chi connectivity index (χ0n) is 10.7. The van der Waals surface area contributed by atoms with E-state index in [9.17, 15) is 4.79 Å². The van der Waals surface area contributed by atoms with Crippen LogP contribution in [0.2, 0.25) is 5.15 Å². The molecule has 2 N–H and O–H groups in total. The van der Waals surface area contributed by atoms with Crippen molar-refractivity contribution in [3.8, 4) is 0 Å². The van der Waals surface area contributed by atoms with Gasteiger partial charge in [-0.15, -0.1) is 0 Å². The average molecular weight is 268 g/mol. The minimum absolute atomic E-state index is 0.00516. The molecule has 5 heteroatoms. The number of amides is 1. The number of nitrogens with one attached hydrogen (secondary N) is 2. The third-order valence-corrected chi connectivity index (χ3v) is 3.63. The first-order valence-electron chi connectivity index (χ1n) is 6.21. The van der Waals surface area contributed by atoms with Gasteiger partial charge < -0.3 is 10.6 Å². The van der Waals surface area contributed by atoms with Gasteiger partial charge in [-0.2, -0.15) is 0 Å². The van der Waals surface area contributed by atoms with Gasteiger partial charge in [-0.05, 0) is 51.8 Å². The summed E-state index contributed by atoms with van der Waals surface area (Å²) in [5.41, 5.74) is 0.970. The molecule has 4 nitrogen and oxygen atoms in total. The second-order valence-electron chi connectivity index (χ2n) is 4.94. The van der Waals surface area contributed by atoms with Gasteiger partial charge in [0.2, 0.25) is 5.91 Å². The molecule has 0 aliphatic carbocycles. The highest BCUT2D eigenvalue weighted by molar-refractivity contribution is 6.29. The van der Waals surface area contributed by atoms with Gasteiger partial charge in [-0.25, -0.2) is 4.98 Å². The van der Waals surface area contributed by atoms with Gasteiger partial charge in [-0.3, -0.25) is 4.79 Å². The molecule has 1 aliphatic rings. The number of carbonyl (C=O) groups is 1. The van der Waals surface area contributed by atoms with Crippen LogP contribution in [-0.4, -0.2) is 23.0 Å². The van der Waals surface area contributed by atoms with Gasteiger partial charge in [0.25, 0.3) is 0 Å². The number of rotatable bonds is 2. The summed E-state index contributed by atoms with van der Waals surface area (Å²) in [5.74, 6) is -0.00516. The molecule has 1 saturated heterocycles. The minimum Gasteiger partial charge on any atom is -0.323 e. The zero-order chi connectivity index (χ0) is 13.2. The average Bonchev–Trinajstić information content (AvgIpc) is 2.33. The highest BCUT2D eigenvalue weighted by Gasteiger charge is 2.34. The third-order valence-electron chi connectivity index (χ3n) is 3.42. The Hall–Kier alpha value is -1.13. The Morgan fingerprint density at radius 3 is 2.89 bits per heavy atom. The second-order valence-corrected chi connectivity index (χ2v) is 5.32. The Bertz CT molecular complexity index is 456. The van der Waals surface area contributed by atoms with Gasteiger partial charge >= 0.3 is 0 Å². The lowest BCUT2D eigenvalue weighted by Crippen LogP contribution is -2.54. The van der Waals surface area contributed by atoms with Gasteiger partial charge in [0.1, 0.15) is 5.15 Å². The van der Waals surface area contributed by atoms with Crippen LogP contribution >= 0.6 is 11.6 Å². The number of aryl methyl sites for hydroxylation is 1. The molecule has 1 unspecified atom stereocenters. The van der Waals surface area contributed by atoms with E-state index in [1.165, 1.54) is 0 Å². The van der Waals surface area contributed by atoms with Crippen LogP contribution in [0, 0.1) is 6.92 Å². The maximum absolute atomic E-state index is 12.3. The molecule has 0 radical (unpaired) electrons. The monoisotopic (exact) mass is 267 g/mol. The van der Waals surface area contributed by atoms with Crippen LogP contribution in [0.5, 0.6) is 0 Å². The van der Waals surface area contributed by atoms with Gasteiger partial charge in [0.15, 0.2) is 0 Å². The van der Waals surface area contributed by atoms with Crippen molar-refractivity contribution in [3.05, 3.63) is 23.0 Å². The normalized spacial score (nSPS) is 23.7. The summed E-state index contributed by atoms with van der Waals surface area (Å²) in [5, 5.41) is 6.65. The van der Waals surface area contributed by atoms with Crippen LogP contribution in [0.4, 0.5) is 5.69 Å². The van der Waals surface area contributed by atoms with Crippen molar-refractivity contribution < 1.29 is 4.79 Å². The first-order valence-corrected chi connectivity index (χ1v) is 6.59. The highest BCUT2D eigenvalue weighted by atomic mass is 35.5.